The first-order valence-corrected chi connectivity index (χ1v) is 9.13. The highest BCUT2D eigenvalue weighted by atomic mass is 35.5. The van der Waals surface area contributed by atoms with Crippen LogP contribution in [0.15, 0.2) is 48.5 Å². The van der Waals surface area contributed by atoms with E-state index in [2.05, 4.69) is 4.98 Å². The molecule has 0 radical (unpaired) electrons. The lowest BCUT2D eigenvalue weighted by molar-refractivity contribution is 0.0723. The van der Waals surface area contributed by atoms with Gasteiger partial charge in [-0.1, -0.05) is 23.7 Å². The minimum absolute atomic E-state index is 0.0986. The summed E-state index contributed by atoms with van der Waals surface area (Å²) in [4.78, 5) is 19.3. The van der Waals surface area contributed by atoms with Crippen molar-refractivity contribution in [3.05, 3.63) is 70.6 Å². The molecule has 0 N–H and O–H groups in total. The number of fused-ring (bicyclic) bond motifs is 1. The molecule has 1 aromatic heterocycles. The third-order valence-electron chi connectivity index (χ3n) is 4.75. The number of pyridine rings is 1. The number of halogens is 2. The highest BCUT2D eigenvalue weighted by Gasteiger charge is 2.34. The second-order valence-corrected chi connectivity index (χ2v) is 7.03. The Labute approximate surface area is 161 Å². The summed E-state index contributed by atoms with van der Waals surface area (Å²) in [7, 11) is 1.61. The van der Waals surface area contributed by atoms with Gasteiger partial charge in [-0.15, -0.1) is 0 Å². The first-order valence-electron chi connectivity index (χ1n) is 8.75. The predicted molar refractivity (Wildman–Crippen MR) is 103 cm³/mol. The fraction of sp³-hybridized carbons (Fsp3) is 0.238. The quantitative estimate of drug-likeness (QED) is 0.632. The van der Waals surface area contributed by atoms with Crippen molar-refractivity contribution in [3.63, 3.8) is 0 Å². The zero-order valence-electron chi connectivity index (χ0n) is 14.8. The van der Waals surface area contributed by atoms with Crippen LogP contribution >= 0.6 is 11.6 Å². The molecule has 1 saturated carbocycles. The van der Waals surface area contributed by atoms with Gasteiger partial charge in [0.05, 0.1) is 19.2 Å². The Morgan fingerprint density at radius 2 is 2.07 bits per heavy atom. The van der Waals surface area contributed by atoms with Crippen LogP contribution in [0.5, 0.6) is 5.75 Å². The van der Waals surface area contributed by atoms with E-state index in [1.54, 1.807) is 36.3 Å². The van der Waals surface area contributed by atoms with Crippen LogP contribution in [0.25, 0.3) is 10.9 Å². The molecular formula is C21H18ClFN2O2. The number of methoxy groups -OCH3 is 1. The number of amides is 1. The number of carbonyl (C=O) groups excluding carboxylic acids is 1. The van der Waals surface area contributed by atoms with Gasteiger partial charge in [-0.2, -0.15) is 0 Å². The van der Waals surface area contributed by atoms with E-state index in [-0.39, 0.29) is 18.5 Å². The average Bonchev–Trinajstić information content (AvgIpc) is 3.51. The van der Waals surface area contributed by atoms with Gasteiger partial charge in [0.15, 0.2) is 0 Å². The highest BCUT2D eigenvalue weighted by Crippen LogP contribution is 2.32. The molecule has 1 fully saturated rings. The number of ether oxygens (including phenoxy) is 1. The maximum Gasteiger partial charge on any atom is 0.273 e. The molecular weight excluding hydrogens is 367 g/mol. The second kappa shape index (κ2) is 7.16. The molecule has 0 aliphatic heterocycles. The van der Waals surface area contributed by atoms with Gasteiger partial charge in [0.2, 0.25) is 0 Å². The van der Waals surface area contributed by atoms with Crippen LogP contribution in [0.1, 0.15) is 28.9 Å². The normalized spacial score (nSPS) is 13.6. The molecule has 0 spiro atoms. The summed E-state index contributed by atoms with van der Waals surface area (Å²) < 4.78 is 19.4. The van der Waals surface area contributed by atoms with Gasteiger partial charge in [0.1, 0.15) is 17.3 Å². The molecule has 0 saturated heterocycles. The summed E-state index contributed by atoms with van der Waals surface area (Å²) in [6.07, 6.45) is 1.81. The molecule has 4 nitrogen and oxygen atoms in total. The van der Waals surface area contributed by atoms with Gasteiger partial charge < -0.3 is 9.64 Å². The summed E-state index contributed by atoms with van der Waals surface area (Å²) >= 11 is 6.15. The molecule has 0 atom stereocenters. The molecule has 1 aliphatic rings. The maximum atomic E-state index is 14.2. The van der Waals surface area contributed by atoms with Crippen molar-refractivity contribution in [1.29, 1.82) is 0 Å². The Kier molecular flexibility index (Phi) is 4.70. The molecule has 2 aromatic carbocycles. The molecule has 138 valence electrons. The largest absolute Gasteiger partial charge is 0.497 e. The first-order chi connectivity index (χ1) is 13.1. The smallest absolute Gasteiger partial charge is 0.273 e. The van der Waals surface area contributed by atoms with Crippen LogP contribution in [0.3, 0.4) is 0 Å². The van der Waals surface area contributed by atoms with E-state index in [9.17, 15) is 9.18 Å². The molecule has 0 unspecified atom stereocenters. The predicted octanol–water partition coefficient (Wildman–Crippen LogP) is 4.84. The molecule has 3 aromatic rings. The summed E-state index contributed by atoms with van der Waals surface area (Å²) in [5, 5.41) is 1.22. The topological polar surface area (TPSA) is 42.4 Å². The molecule has 1 amide bonds. The molecule has 4 rings (SSSR count). The fourth-order valence-corrected chi connectivity index (χ4v) is 3.33. The average molecular weight is 385 g/mol. The van der Waals surface area contributed by atoms with Gasteiger partial charge >= 0.3 is 0 Å². The van der Waals surface area contributed by atoms with Crippen molar-refractivity contribution >= 4 is 28.4 Å². The standard InChI is InChI=1S/C21H18ClFN2O2/c1-27-15-8-10-19-13(11-15)5-9-20(24-19)21(26)25(14-6-7-14)12-16-17(22)3-2-4-18(16)23/h2-5,8-11,14H,6-7,12H2,1H3. The summed E-state index contributed by atoms with van der Waals surface area (Å²) in [6, 6.07) is 13.7. The number of aromatic nitrogens is 1. The Hall–Kier alpha value is -2.66. The number of rotatable bonds is 5. The third-order valence-corrected chi connectivity index (χ3v) is 5.11. The first kappa shape index (κ1) is 17.7. The molecule has 0 bridgehead atoms. The Morgan fingerprint density at radius 1 is 1.26 bits per heavy atom. The molecule has 1 heterocycles. The van der Waals surface area contributed by atoms with E-state index in [1.165, 1.54) is 6.07 Å². The lowest BCUT2D eigenvalue weighted by Crippen LogP contribution is -2.33. The van der Waals surface area contributed by atoms with E-state index in [0.717, 1.165) is 24.0 Å². The van der Waals surface area contributed by atoms with Crippen LogP contribution in [-0.2, 0) is 6.54 Å². The highest BCUT2D eigenvalue weighted by molar-refractivity contribution is 6.31. The Bertz CT molecular complexity index is 1000. The summed E-state index contributed by atoms with van der Waals surface area (Å²) in [5.41, 5.74) is 1.39. The Balaban J connectivity index is 1.65. The van der Waals surface area contributed by atoms with E-state index in [0.29, 0.717) is 21.8 Å². The van der Waals surface area contributed by atoms with Gasteiger partial charge in [-0.3, -0.25) is 4.79 Å². The minimum Gasteiger partial charge on any atom is -0.497 e. The monoisotopic (exact) mass is 384 g/mol. The van der Waals surface area contributed by atoms with E-state index >= 15 is 0 Å². The number of hydrogen-bond donors (Lipinski definition) is 0. The maximum absolute atomic E-state index is 14.2. The van der Waals surface area contributed by atoms with E-state index < -0.39 is 5.82 Å². The molecule has 27 heavy (non-hydrogen) atoms. The lowest BCUT2D eigenvalue weighted by Gasteiger charge is -2.23. The van der Waals surface area contributed by atoms with Crippen LogP contribution in [0.2, 0.25) is 5.02 Å². The van der Waals surface area contributed by atoms with Crippen LogP contribution in [0.4, 0.5) is 4.39 Å². The summed E-state index contributed by atoms with van der Waals surface area (Å²) in [5.74, 6) is 0.117. The lowest BCUT2D eigenvalue weighted by atomic mass is 10.1. The van der Waals surface area contributed by atoms with Crippen molar-refractivity contribution in [2.24, 2.45) is 0 Å². The third kappa shape index (κ3) is 3.60. The van der Waals surface area contributed by atoms with Crippen molar-refractivity contribution in [2.75, 3.05) is 7.11 Å². The molecule has 6 heteroatoms. The van der Waals surface area contributed by atoms with Crippen molar-refractivity contribution in [1.82, 2.24) is 9.88 Å². The van der Waals surface area contributed by atoms with Crippen LogP contribution in [0, 0.1) is 5.82 Å². The van der Waals surface area contributed by atoms with Crippen molar-refractivity contribution < 1.29 is 13.9 Å². The molecule has 1 aliphatic carbocycles. The van der Waals surface area contributed by atoms with E-state index in [4.69, 9.17) is 16.3 Å². The zero-order chi connectivity index (χ0) is 19.0. The number of nitrogens with zero attached hydrogens (tertiary/aromatic N) is 2. The van der Waals surface area contributed by atoms with E-state index in [1.807, 2.05) is 18.2 Å². The fourth-order valence-electron chi connectivity index (χ4n) is 3.10. The minimum atomic E-state index is -0.403. The van der Waals surface area contributed by atoms with Crippen LogP contribution in [-0.4, -0.2) is 28.9 Å². The van der Waals surface area contributed by atoms with Crippen molar-refractivity contribution in [3.8, 4) is 5.75 Å². The van der Waals surface area contributed by atoms with Gasteiger partial charge in [0, 0.05) is 22.0 Å². The SMILES string of the molecule is COc1ccc2nc(C(=O)N(Cc3c(F)cccc3Cl)C3CC3)ccc2c1. The van der Waals surface area contributed by atoms with Crippen molar-refractivity contribution in [2.45, 2.75) is 25.4 Å². The van der Waals surface area contributed by atoms with Crippen LogP contribution < -0.4 is 4.74 Å². The van der Waals surface area contributed by atoms with Gasteiger partial charge in [-0.05, 0) is 49.2 Å². The number of benzene rings is 2. The number of carbonyl (C=O) groups is 1. The Morgan fingerprint density at radius 3 is 2.78 bits per heavy atom. The second-order valence-electron chi connectivity index (χ2n) is 6.62. The zero-order valence-corrected chi connectivity index (χ0v) is 15.5. The summed E-state index contributed by atoms with van der Waals surface area (Å²) in [6.45, 7) is 0.136. The van der Waals surface area contributed by atoms with Gasteiger partial charge in [-0.25, -0.2) is 9.37 Å². The van der Waals surface area contributed by atoms with Gasteiger partial charge in [0.25, 0.3) is 5.91 Å². The number of hydrogen-bond acceptors (Lipinski definition) is 3.